The molecule has 0 saturated heterocycles. The Labute approximate surface area is 119 Å². The van der Waals surface area contributed by atoms with Crippen LogP contribution in [0, 0.1) is 19.8 Å². The highest BCUT2D eigenvalue weighted by Gasteiger charge is 2.28. The van der Waals surface area contributed by atoms with Crippen LogP contribution in [-0.4, -0.2) is 30.0 Å². The van der Waals surface area contributed by atoms with Crippen molar-refractivity contribution < 1.29 is 14.3 Å². The fourth-order valence-corrected chi connectivity index (χ4v) is 2.73. The van der Waals surface area contributed by atoms with Gasteiger partial charge in [-0.3, -0.25) is 4.79 Å². The number of carbonyl (C=O) groups excluding carboxylic acids is 2. The first-order valence-electron chi connectivity index (χ1n) is 7.04. The van der Waals surface area contributed by atoms with Crippen molar-refractivity contribution in [2.24, 2.45) is 5.92 Å². The third kappa shape index (κ3) is 2.57. The first-order valence-corrected chi connectivity index (χ1v) is 7.04. The maximum atomic E-state index is 12.4. The Bertz CT molecular complexity index is 529. The molecular formula is C15H22N2O3. The van der Waals surface area contributed by atoms with E-state index >= 15 is 0 Å². The smallest absolute Gasteiger partial charge is 0.354 e. The van der Waals surface area contributed by atoms with Crippen molar-refractivity contribution in [1.29, 1.82) is 0 Å². The zero-order chi connectivity index (χ0) is 14.9. The van der Waals surface area contributed by atoms with E-state index in [1.54, 1.807) is 13.8 Å². The second-order valence-electron chi connectivity index (χ2n) is 5.57. The molecule has 0 aliphatic heterocycles. The molecule has 1 aliphatic rings. The summed E-state index contributed by atoms with van der Waals surface area (Å²) in [6.07, 6.45) is 3.61. The van der Waals surface area contributed by atoms with Crippen LogP contribution in [0.5, 0.6) is 0 Å². The van der Waals surface area contributed by atoms with Crippen LogP contribution in [0.3, 0.4) is 0 Å². The lowest BCUT2D eigenvalue weighted by Gasteiger charge is -2.31. The van der Waals surface area contributed by atoms with Crippen LogP contribution in [0.25, 0.3) is 0 Å². The molecule has 1 aromatic heterocycles. The molecule has 110 valence electrons. The molecule has 1 aliphatic carbocycles. The number of esters is 1. The van der Waals surface area contributed by atoms with Gasteiger partial charge in [-0.05, 0) is 45.1 Å². The lowest BCUT2D eigenvalue weighted by Crippen LogP contribution is -2.41. The molecule has 5 nitrogen and oxygen atoms in total. The summed E-state index contributed by atoms with van der Waals surface area (Å²) in [5.74, 6) is 0.0149. The maximum Gasteiger partial charge on any atom is 0.354 e. The predicted molar refractivity (Wildman–Crippen MR) is 75.9 cm³/mol. The van der Waals surface area contributed by atoms with Crippen molar-refractivity contribution in [3.05, 3.63) is 22.5 Å². The molecular weight excluding hydrogens is 256 g/mol. The Kier molecular flexibility index (Phi) is 4.16. The van der Waals surface area contributed by atoms with Gasteiger partial charge < -0.3 is 15.0 Å². The minimum Gasteiger partial charge on any atom is -0.464 e. The number of amides is 1. The van der Waals surface area contributed by atoms with Crippen LogP contribution in [0.2, 0.25) is 0 Å². The number of methoxy groups -OCH3 is 1. The first kappa shape index (κ1) is 14.6. The number of H-pyrrole nitrogens is 1. The van der Waals surface area contributed by atoms with E-state index in [-0.39, 0.29) is 11.9 Å². The number of carbonyl (C=O) groups is 2. The largest absolute Gasteiger partial charge is 0.464 e. The molecule has 0 aromatic carbocycles. The summed E-state index contributed by atoms with van der Waals surface area (Å²) in [6.45, 7) is 5.60. The van der Waals surface area contributed by atoms with Gasteiger partial charge in [-0.1, -0.05) is 6.42 Å². The molecule has 20 heavy (non-hydrogen) atoms. The van der Waals surface area contributed by atoms with E-state index in [2.05, 4.69) is 10.3 Å². The van der Waals surface area contributed by atoms with Gasteiger partial charge in [0.25, 0.3) is 5.91 Å². The summed E-state index contributed by atoms with van der Waals surface area (Å²) in [6, 6.07) is 0.173. The van der Waals surface area contributed by atoms with E-state index in [0.717, 1.165) is 0 Å². The quantitative estimate of drug-likeness (QED) is 0.830. The highest BCUT2D eigenvalue weighted by molar-refractivity contribution is 6.01. The van der Waals surface area contributed by atoms with Crippen LogP contribution in [0.15, 0.2) is 0 Å². The highest BCUT2D eigenvalue weighted by Crippen LogP contribution is 2.29. The number of aryl methyl sites for hydroxylation is 1. The molecule has 1 unspecified atom stereocenters. The fourth-order valence-electron chi connectivity index (χ4n) is 2.73. The Morgan fingerprint density at radius 1 is 1.35 bits per heavy atom. The van der Waals surface area contributed by atoms with Gasteiger partial charge in [-0.15, -0.1) is 0 Å². The monoisotopic (exact) mass is 278 g/mol. The van der Waals surface area contributed by atoms with Crippen LogP contribution in [0.1, 0.15) is 58.3 Å². The van der Waals surface area contributed by atoms with Gasteiger partial charge in [0.15, 0.2) is 0 Å². The highest BCUT2D eigenvalue weighted by atomic mass is 16.5. The van der Waals surface area contributed by atoms with Crippen molar-refractivity contribution in [2.45, 2.75) is 46.1 Å². The van der Waals surface area contributed by atoms with Crippen molar-refractivity contribution >= 4 is 11.9 Å². The van der Waals surface area contributed by atoms with E-state index < -0.39 is 5.97 Å². The molecule has 2 N–H and O–H groups in total. The third-order valence-corrected chi connectivity index (χ3v) is 4.27. The van der Waals surface area contributed by atoms with Gasteiger partial charge in [0.1, 0.15) is 5.69 Å². The SMILES string of the molecule is COC(=O)c1[nH]c(C)c(C(=O)NC(C)C2CCC2)c1C. The number of aromatic nitrogens is 1. The van der Waals surface area contributed by atoms with Gasteiger partial charge in [0.05, 0.1) is 12.7 Å². The number of hydrogen-bond donors (Lipinski definition) is 2. The second-order valence-corrected chi connectivity index (χ2v) is 5.57. The number of aromatic amines is 1. The summed E-state index contributed by atoms with van der Waals surface area (Å²) >= 11 is 0. The molecule has 5 heteroatoms. The van der Waals surface area contributed by atoms with Gasteiger partial charge in [-0.25, -0.2) is 4.79 Å². The van der Waals surface area contributed by atoms with Crippen molar-refractivity contribution in [3.63, 3.8) is 0 Å². The molecule has 0 spiro atoms. The van der Waals surface area contributed by atoms with Gasteiger partial charge in [0, 0.05) is 11.7 Å². The molecule has 1 saturated carbocycles. The third-order valence-electron chi connectivity index (χ3n) is 4.27. The minimum absolute atomic E-state index is 0.120. The average molecular weight is 278 g/mol. The second kappa shape index (κ2) is 5.69. The van der Waals surface area contributed by atoms with E-state index in [1.165, 1.54) is 26.4 Å². The molecule has 0 radical (unpaired) electrons. The molecule has 0 bridgehead atoms. The van der Waals surface area contributed by atoms with Crippen LogP contribution < -0.4 is 5.32 Å². The lowest BCUT2D eigenvalue weighted by molar-refractivity contribution is 0.0594. The van der Waals surface area contributed by atoms with Crippen LogP contribution in [0.4, 0.5) is 0 Å². The molecule has 1 amide bonds. The summed E-state index contributed by atoms with van der Waals surface area (Å²) in [5, 5.41) is 3.04. The predicted octanol–water partition coefficient (Wildman–Crippen LogP) is 2.34. The Morgan fingerprint density at radius 2 is 2.00 bits per heavy atom. The standard InChI is InChI=1S/C15H22N2O3/c1-8-12(10(3)16-13(8)15(19)20-4)14(18)17-9(2)11-6-5-7-11/h9,11,16H,5-7H2,1-4H3,(H,17,18). The number of nitrogens with one attached hydrogen (secondary N) is 2. The molecule has 1 fully saturated rings. The van der Waals surface area contributed by atoms with Crippen molar-refractivity contribution in [1.82, 2.24) is 10.3 Å². The summed E-state index contributed by atoms with van der Waals surface area (Å²) in [7, 11) is 1.33. The molecule has 1 atom stereocenters. The van der Waals surface area contributed by atoms with Crippen molar-refractivity contribution in [2.75, 3.05) is 7.11 Å². The number of rotatable bonds is 4. The zero-order valence-electron chi connectivity index (χ0n) is 12.5. The molecule has 1 aromatic rings. The fraction of sp³-hybridized carbons (Fsp3) is 0.600. The Morgan fingerprint density at radius 3 is 2.50 bits per heavy atom. The van der Waals surface area contributed by atoms with Crippen molar-refractivity contribution in [3.8, 4) is 0 Å². The first-order chi connectivity index (χ1) is 9.45. The minimum atomic E-state index is -0.448. The van der Waals surface area contributed by atoms with Gasteiger partial charge >= 0.3 is 5.97 Å². The van der Waals surface area contributed by atoms with Crippen LogP contribution in [-0.2, 0) is 4.74 Å². The maximum absolute atomic E-state index is 12.4. The average Bonchev–Trinajstić information content (AvgIpc) is 2.61. The molecule has 2 rings (SSSR count). The summed E-state index contributed by atoms with van der Waals surface area (Å²) in [4.78, 5) is 26.9. The normalized spacial score (nSPS) is 16.4. The van der Waals surface area contributed by atoms with Crippen LogP contribution >= 0.6 is 0 Å². The molecule has 1 heterocycles. The van der Waals surface area contributed by atoms with Gasteiger partial charge in [-0.2, -0.15) is 0 Å². The van der Waals surface area contributed by atoms with E-state index in [1.807, 2.05) is 6.92 Å². The van der Waals surface area contributed by atoms with E-state index in [9.17, 15) is 9.59 Å². The number of ether oxygens (including phenoxy) is 1. The van der Waals surface area contributed by atoms with E-state index in [0.29, 0.717) is 28.4 Å². The zero-order valence-corrected chi connectivity index (χ0v) is 12.5. The van der Waals surface area contributed by atoms with E-state index in [4.69, 9.17) is 4.74 Å². The summed E-state index contributed by atoms with van der Waals surface area (Å²) in [5.41, 5.74) is 2.25. The Balaban J connectivity index is 2.17. The summed E-state index contributed by atoms with van der Waals surface area (Å²) < 4.78 is 4.71. The lowest BCUT2D eigenvalue weighted by atomic mass is 9.80. The number of hydrogen-bond acceptors (Lipinski definition) is 3. The topological polar surface area (TPSA) is 71.2 Å². The Hall–Kier alpha value is -1.78. The van der Waals surface area contributed by atoms with Gasteiger partial charge in [0.2, 0.25) is 0 Å².